The van der Waals surface area contributed by atoms with Crippen molar-refractivity contribution in [3.63, 3.8) is 0 Å². The molecule has 10 heteroatoms. The second kappa shape index (κ2) is 8.03. The zero-order valence-electron chi connectivity index (χ0n) is 18.0. The summed E-state index contributed by atoms with van der Waals surface area (Å²) in [6.45, 7) is 6.33. The topological polar surface area (TPSA) is 98.0 Å². The van der Waals surface area contributed by atoms with E-state index in [0.29, 0.717) is 31.0 Å². The van der Waals surface area contributed by atoms with E-state index in [0.717, 1.165) is 30.0 Å². The third kappa shape index (κ3) is 3.65. The molecule has 1 fully saturated rings. The van der Waals surface area contributed by atoms with Crippen molar-refractivity contribution < 1.29 is 14.3 Å². The maximum Gasteiger partial charge on any atom is 0.327 e. The molecule has 0 aliphatic carbocycles. The van der Waals surface area contributed by atoms with Gasteiger partial charge in [0.25, 0.3) is 0 Å². The van der Waals surface area contributed by atoms with Crippen molar-refractivity contribution in [1.82, 2.24) is 19.7 Å². The summed E-state index contributed by atoms with van der Waals surface area (Å²) in [6.07, 6.45) is 5.20. The lowest BCUT2D eigenvalue weighted by Crippen LogP contribution is -2.55. The molecule has 0 spiro atoms. The van der Waals surface area contributed by atoms with Gasteiger partial charge in [-0.1, -0.05) is 0 Å². The molecule has 3 aromatic heterocycles. The van der Waals surface area contributed by atoms with E-state index < -0.39 is 18.0 Å². The van der Waals surface area contributed by atoms with Crippen LogP contribution in [0, 0.1) is 12.7 Å². The van der Waals surface area contributed by atoms with Crippen LogP contribution in [0.25, 0.3) is 5.65 Å². The summed E-state index contributed by atoms with van der Waals surface area (Å²) in [5, 5.41) is 16.0. The summed E-state index contributed by atoms with van der Waals surface area (Å²) in [6, 6.07) is 2.82. The Balaban J connectivity index is 1.38. The Hall–Kier alpha value is -3.24. The quantitative estimate of drug-likeness (QED) is 0.577. The molecule has 1 saturated heterocycles. The number of aliphatic hydroxyl groups is 1. The van der Waals surface area contributed by atoms with Gasteiger partial charge < -0.3 is 25.0 Å². The van der Waals surface area contributed by atoms with E-state index in [9.17, 15) is 14.3 Å². The number of pyridine rings is 2. The fourth-order valence-corrected chi connectivity index (χ4v) is 4.50. The van der Waals surface area contributed by atoms with Crippen LogP contribution in [0.4, 0.5) is 26.4 Å². The lowest BCUT2D eigenvalue weighted by atomic mass is 10.1. The molecule has 3 aromatic rings. The average molecular weight is 439 g/mol. The summed E-state index contributed by atoms with van der Waals surface area (Å²) in [5.41, 5.74) is 3.37. The average Bonchev–Trinajstić information content (AvgIpc) is 3.36. The maximum absolute atomic E-state index is 14.5. The van der Waals surface area contributed by atoms with E-state index >= 15 is 0 Å². The minimum atomic E-state index is -0.539. The summed E-state index contributed by atoms with van der Waals surface area (Å²) >= 11 is 0. The number of carbonyl (C=O) groups is 1. The van der Waals surface area contributed by atoms with E-state index in [1.54, 1.807) is 28.6 Å². The van der Waals surface area contributed by atoms with Gasteiger partial charge in [0.15, 0.2) is 5.82 Å². The van der Waals surface area contributed by atoms with Gasteiger partial charge in [-0.2, -0.15) is 0 Å². The minimum absolute atomic E-state index is 0.0157. The second-order valence-corrected chi connectivity index (χ2v) is 8.39. The van der Waals surface area contributed by atoms with Crippen LogP contribution >= 0.6 is 0 Å². The monoisotopic (exact) mass is 439 g/mol. The normalized spacial score (nSPS) is 19.3. The number of aromatic nitrogens is 3. The van der Waals surface area contributed by atoms with Crippen LogP contribution in [-0.4, -0.2) is 63.8 Å². The first-order valence-electron chi connectivity index (χ1n) is 10.8. The number of fused-ring (bicyclic) bond motifs is 2. The lowest BCUT2D eigenvalue weighted by molar-refractivity contribution is 0.141. The van der Waals surface area contributed by atoms with Gasteiger partial charge in [-0.25, -0.2) is 19.2 Å². The first-order chi connectivity index (χ1) is 15.4. The Morgan fingerprint density at radius 3 is 3.03 bits per heavy atom. The number of nitrogens with one attached hydrogen (secondary N) is 2. The molecule has 3 N–H and O–H groups in total. The molecule has 0 bridgehead atoms. The number of halogens is 1. The van der Waals surface area contributed by atoms with Crippen molar-refractivity contribution >= 4 is 28.9 Å². The van der Waals surface area contributed by atoms with Gasteiger partial charge in [0.05, 0.1) is 23.5 Å². The molecular weight excluding hydrogens is 413 g/mol. The Bertz CT molecular complexity index is 1180. The summed E-state index contributed by atoms with van der Waals surface area (Å²) in [4.78, 5) is 25.5. The molecule has 2 aliphatic heterocycles. The van der Waals surface area contributed by atoms with Gasteiger partial charge in [-0.05, 0) is 26.3 Å². The lowest BCUT2D eigenvalue weighted by Gasteiger charge is -2.37. The summed E-state index contributed by atoms with van der Waals surface area (Å²) in [5.74, 6) is 0.0506. The zero-order chi connectivity index (χ0) is 22.4. The largest absolute Gasteiger partial charge is 0.392 e. The molecule has 32 heavy (non-hydrogen) atoms. The number of aryl methyl sites for hydroxylation is 1. The number of hydrogen-bond acceptors (Lipinski definition) is 6. The van der Waals surface area contributed by atoms with E-state index in [1.807, 2.05) is 13.0 Å². The SMILES string of the molecule is Cc1cn2cc(NC(=O)N3CCc4c(N5CCN[C@@H](C(C)O)C5)ccnc43)c(F)cc2n1. The molecule has 2 amide bonds. The van der Waals surface area contributed by atoms with Gasteiger partial charge >= 0.3 is 6.03 Å². The van der Waals surface area contributed by atoms with Crippen molar-refractivity contribution in [2.24, 2.45) is 0 Å². The molecule has 0 radical (unpaired) electrons. The Labute approximate surface area is 184 Å². The van der Waals surface area contributed by atoms with Crippen LogP contribution in [0.2, 0.25) is 0 Å². The molecule has 1 unspecified atom stereocenters. The van der Waals surface area contributed by atoms with E-state index in [2.05, 4.69) is 25.5 Å². The van der Waals surface area contributed by atoms with Crippen LogP contribution < -0.4 is 20.4 Å². The molecule has 2 atom stereocenters. The van der Waals surface area contributed by atoms with Gasteiger partial charge in [-0.3, -0.25) is 4.90 Å². The smallest absolute Gasteiger partial charge is 0.327 e. The van der Waals surface area contributed by atoms with E-state index in [1.165, 1.54) is 12.3 Å². The fraction of sp³-hybridized carbons (Fsp3) is 0.409. The number of aliphatic hydroxyl groups excluding tert-OH is 1. The number of hydrogen-bond donors (Lipinski definition) is 3. The Morgan fingerprint density at radius 2 is 2.22 bits per heavy atom. The van der Waals surface area contributed by atoms with Crippen LogP contribution in [-0.2, 0) is 6.42 Å². The van der Waals surface area contributed by atoms with Crippen LogP contribution in [0.5, 0.6) is 0 Å². The third-order valence-corrected chi connectivity index (χ3v) is 6.13. The molecule has 0 saturated carbocycles. The number of nitrogens with zero attached hydrogens (tertiary/aromatic N) is 5. The second-order valence-electron chi connectivity index (χ2n) is 8.39. The van der Waals surface area contributed by atoms with Crippen molar-refractivity contribution in [3.05, 3.63) is 47.8 Å². The highest BCUT2D eigenvalue weighted by Gasteiger charge is 2.32. The van der Waals surface area contributed by atoms with Crippen LogP contribution in [0.15, 0.2) is 30.7 Å². The number of piperazine rings is 1. The van der Waals surface area contributed by atoms with Crippen LogP contribution in [0.1, 0.15) is 18.2 Å². The number of amides is 2. The summed E-state index contributed by atoms with van der Waals surface area (Å²) < 4.78 is 16.2. The molecule has 5 heterocycles. The Morgan fingerprint density at radius 1 is 1.38 bits per heavy atom. The highest BCUT2D eigenvalue weighted by atomic mass is 19.1. The van der Waals surface area contributed by atoms with E-state index in [-0.39, 0.29) is 11.7 Å². The molecular formula is C22H26FN7O2. The molecule has 5 rings (SSSR count). The molecule has 2 aliphatic rings. The minimum Gasteiger partial charge on any atom is -0.392 e. The fourth-order valence-electron chi connectivity index (χ4n) is 4.50. The number of rotatable bonds is 3. The third-order valence-electron chi connectivity index (χ3n) is 6.13. The number of anilines is 3. The van der Waals surface area contributed by atoms with Crippen LogP contribution in [0.3, 0.4) is 0 Å². The molecule has 168 valence electrons. The van der Waals surface area contributed by atoms with Crippen molar-refractivity contribution in [3.8, 4) is 0 Å². The van der Waals surface area contributed by atoms with Gasteiger partial charge in [0.2, 0.25) is 0 Å². The number of imidazole rings is 1. The summed E-state index contributed by atoms with van der Waals surface area (Å²) in [7, 11) is 0. The van der Waals surface area contributed by atoms with Gasteiger partial charge in [0.1, 0.15) is 11.5 Å². The van der Waals surface area contributed by atoms with Crippen molar-refractivity contribution in [1.29, 1.82) is 0 Å². The molecule has 0 aromatic carbocycles. The van der Waals surface area contributed by atoms with Gasteiger partial charge in [0, 0.05) is 62.1 Å². The van der Waals surface area contributed by atoms with E-state index in [4.69, 9.17) is 0 Å². The highest BCUT2D eigenvalue weighted by Crippen LogP contribution is 2.34. The Kier molecular flexibility index (Phi) is 5.18. The standard InChI is InChI=1S/C22H26FN7O2/c1-13-10-29-12-18(16(23)9-20(29)26-13)27-22(32)30-7-4-15-19(3-5-25-21(15)30)28-8-6-24-17(11-28)14(2)31/h3,5,9-10,12,14,17,24,31H,4,6-8,11H2,1-2H3,(H,27,32)/t14?,17-/m1/s1. The predicted molar refractivity (Wildman–Crippen MR) is 120 cm³/mol. The predicted octanol–water partition coefficient (Wildman–Crippen LogP) is 1.93. The van der Waals surface area contributed by atoms with Crippen molar-refractivity contribution in [2.45, 2.75) is 32.4 Å². The first-order valence-corrected chi connectivity index (χ1v) is 10.8. The molecule has 9 nitrogen and oxygen atoms in total. The van der Waals surface area contributed by atoms with Gasteiger partial charge in [-0.15, -0.1) is 0 Å². The number of urea groups is 1. The first kappa shape index (κ1) is 20.7. The zero-order valence-corrected chi connectivity index (χ0v) is 18.0. The highest BCUT2D eigenvalue weighted by molar-refractivity contribution is 6.03. The number of carbonyl (C=O) groups excluding carboxylic acids is 1. The maximum atomic E-state index is 14.5. The van der Waals surface area contributed by atoms with Crippen molar-refractivity contribution in [2.75, 3.05) is 41.3 Å².